The van der Waals surface area contributed by atoms with Gasteiger partial charge in [0, 0.05) is 55.2 Å². The second-order valence-corrected chi connectivity index (χ2v) is 19.4. The SMILES string of the molecule is O=C(NCSCSCSCN=COOCSCSCSCSC(=O)NCSCSCSCN=COOCCCO)OCCCO. The second-order valence-electron chi connectivity index (χ2n) is 7.11. The molecule has 0 spiro atoms. The van der Waals surface area contributed by atoms with Crippen molar-refractivity contribution < 1.29 is 44.1 Å². The number of thioether (sulfide) groups is 10. The Labute approximate surface area is 308 Å². The maximum Gasteiger partial charge on any atom is 0.407 e. The molecule has 0 aromatic heterocycles. The molecule has 0 aliphatic rings. The molecule has 0 radical (unpaired) electrons. The minimum Gasteiger partial charge on any atom is -0.449 e. The maximum absolute atomic E-state index is 11.9. The molecule has 0 aromatic carbocycles. The molecule has 0 aliphatic heterocycles. The number of ether oxygens (including phenoxy) is 1. The number of hydrogen-bond donors (Lipinski definition) is 4. The summed E-state index contributed by atoms with van der Waals surface area (Å²) in [6, 6.07) is 0. The molecule has 0 bridgehead atoms. The highest BCUT2D eigenvalue weighted by molar-refractivity contribution is 8.29. The average molecular weight is 827 g/mol. The van der Waals surface area contributed by atoms with E-state index in [1.165, 1.54) is 24.6 Å². The molecular formula is C22H42N4O9S10. The van der Waals surface area contributed by atoms with E-state index in [1.54, 1.807) is 106 Å². The first-order chi connectivity index (χ1) is 22.2. The second kappa shape index (κ2) is 41.2. The standard InChI is InChI=1S/C22H42N4O9S10/c27-3-1-5-31-21(29)25-11-38-16-41-14-37-10-24-8-34-35-13-40-18-43-19-44-20-45-22(30)26-12-39-17-42-15-36-9-23-7-33-32-6-2-4-28/h7-8,27-28H,1-6,9-20H2,(H,25,29)(H,26,30). The number of nitrogens with one attached hydrogen (secondary N) is 2. The molecule has 0 aromatic rings. The number of hydrogen-bond acceptors (Lipinski definition) is 21. The molecule has 23 heteroatoms. The van der Waals surface area contributed by atoms with Crippen molar-refractivity contribution in [1.82, 2.24) is 10.6 Å². The Morgan fingerprint density at radius 2 is 1.16 bits per heavy atom. The molecule has 0 heterocycles. The van der Waals surface area contributed by atoms with Gasteiger partial charge in [0.15, 0.2) is 0 Å². The molecule has 0 unspecified atom stereocenters. The van der Waals surface area contributed by atoms with Crippen LogP contribution in [0.3, 0.4) is 0 Å². The first-order valence-corrected chi connectivity index (χ1v) is 24.3. The smallest absolute Gasteiger partial charge is 0.407 e. The third-order valence-corrected chi connectivity index (χ3v) is 14.8. The van der Waals surface area contributed by atoms with Crippen LogP contribution in [0.4, 0.5) is 9.59 Å². The zero-order valence-electron chi connectivity index (χ0n) is 24.6. The fraction of sp³-hybridized carbons (Fsp3) is 0.818. The van der Waals surface area contributed by atoms with E-state index < -0.39 is 6.09 Å². The summed E-state index contributed by atoms with van der Waals surface area (Å²) < 4.78 is 4.86. The third-order valence-electron chi connectivity index (χ3n) is 3.67. The van der Waals surface area contributed by atoms with Crippen molar-refractivity contribution in [3.8, 4) is 0 Å². The summed E-state index contributed by atoms with van der Waals surface area (Å²) >= 11 is 16.4. The Balaban J connectivity index is 3.25. The van der Waals surface area contributed by atoms with Gasteiger partial charge in [0.05, 0.1) is 36.7 Å². The molecule has 4 N–H and O–H groups in total. The monoisotopic (exact) mass is 826 g/mol. The minimum atomic E-state index is -0.464. The number of nitrogens with zero attached hydrogens (tertiary/aromatic N) is 2. The van der Waals surface area contributed by atoms with Gasteiger partial charge in [0.25, 0.3) is 5.24 Å². The summed E-state index contributed by atoms with van der Waals surface area (Å²) in [7, 11) is 0. The zero-order chi connectivity index (χ0) is 32.7. The number of alkyl carbamates (subject to hydrolysis) is 1. The van der Waals surface area contributed by atoms with E-state index in [2.05, 4.69) is 20.6 Å². The number of aliphatic hydroxyl groups excluding tert-OH is 2. The summed E-state index contributed by atoms with van der Waals surface area (Å²) in [5, 5.41) is 28.7. The molecule has 264 valence electrons. The first-order valence-electron chi connectivity index (χ1n) is 13.0. The van der Waals surface area contributed by atoms with Gasteiger partial charge in [-0.05, 0) is 6.42 Å². The van der Waals surface area contributed by atoms with E-state index in [0.717, 1.165) is 30.5 Å². The number of rotatable bonds is 34. The molecule has 2 amide bonds. The van der Waals surface area contributed by atoms with Crippen LogP contribution in [0.1, 0.15) is 12.8 Å². The summed E-state index contributed by atoms with van der Waals surface area (Å²) in [5.41, 5.74) is 0. The van der Waals surface area contributed by atoms with Gasteiger partial charge >= 0.3 is 6.09 Å². The number of aliphatic imine (C=N–C) groups is 2. The van der Waals surface area contributed by atoms with Gasteiger partial charge in [-0.1, -0.05) is 11.8 Å². The predicted molar refractivity (Wildman–Crippen MR) is 207 cm³/mol. The molecule has 0 fully saturated rings. The van der Waals surface area contributed by atoms with Gasteiger partial charge in [-0.15, -0.1) is 106 Å². The topological polar surface area (TPSA) is 170 Å². The van der Waals surface area contributed by atoms with Crippen LogP contribution in [-0.2, 0) is 24.3 Å². The van der Waals surface area contributed by atoms with E-state index in [9.17, 15) is 9.59 Å². The molecule has 0 aliphatic carbocycles. The van der Waals surface area contributed by atoms with Crippen molar-refractivity contribution in [1.29, 1.82) is 0 Å². The summed E-state index contributed by atoms with van der Waals surface area (Å²) in [6.45, 7) is 0.634. The lowest BCUT2D eigenvalue weighted by atomic mass is 10.5. The molecular weight excluding hydrogens is 785 g/mol. The van der Waals surface area contributed by atoms with Crippen LogP contribution in [0.15, 0.2) is 9.98 Å². The van der Waals surface area contributed by atoms with Crippen LogP contribution in [0, 0.1) is 0 Å². The molecule has 0 rings (SSSR count). The lowest BCUT2D eigenvalue weighted by Crippen LogP contribution is -2.24. The van der Waals surface area contributed by atoms with Gasteiger partial charge in [-0.3, -0.25) is 4.79 Å². The highest BCUT2D eigenvalue weighted by Crippen LogP contribution is 2.22. The largest absolute Gasteiger partial charge is 0.449 e. The summed E-state index contributed by atoms with van der Waals surface area (Å²) in [5.74, 6) is 2.64. The van der Waals surface area contributed by atoms with E-state index in [1.807, 2.05) is 0 Å². The minimum absolute atomic E-state index is 0.00671. The van der Waals surface area contributed by atoms with Gasteiger partial charge in [0.1, 0.15) is 5.94 Å². The Hall–Kier alpha value is 1.02. The van der Waals surface area contributed by atoms with E-state index in [-0.39, 0.29) is 25.1 Å². The third kappa shape index (κ3) is 41.1. The number of aliphatic hydroxyl groups is 2. The number of amides is 2. The normalized spacial score (nSPS) is 11.3. The lowest BCUT2D eigenvalue weighted by Gasteiger charge is -2.05. The van der Waals surface area contributed by atoms with Crippen LogP contribution in [0.25, 0.3) is 0 Å². The van der Waals surface area contributed by atoms with E-state index in [4.69, 9.17) is 34.5 Å². The summed E-state index contributed by atoms with van der Waals surface area (Å²) in [4.78, 5) is 50.8. The highest BCUT2D eigenvalue weighted by atomic mass is 32.3. The lowest BCUT2D eigenvalue weighted by molar-refractivity contribution is -0.217. The quantitative estimate of drug-likeness (QED) is 0.0150. The van der Waals surface area contributed by atoms with Crippen molar-refractivity contribution >= 4 is 142 Å². The van der Waals surface area contributed by atoms with Crippen LogP contribution in [0.5, 0.6) is 0 Å². The van der Waals surface area contributed by atoms with Gasteiger partial charge in [-0.2, -0.15) is 9.78 Å². The van der Waals surface area contributed by atoms with Crippen LogP contribution in [0.2, 0.25) is 0 Å². The molecule has 0 saturated heterocycles. The van der Waals surface area contributed by atoms with Gasteiger partial charge < -0.3 is 35.4 Å². The fourth-order valence-corrected chi connectivity index (χ4v) is 11.7. The van der Waals surface area contributed by atoms with Crippen LogP contribution in [-0.4, -0.2) is 126 Å². The Kier molecular flexibility index (Phi) is 42.1. The van der Waals surface area contributed by atoms with Crippen molar-refractivity contribution in [2.24, 2.45) is 9.98 Å². The average Bonchev–Trinajstić information content (AvgIpc) is 3.04. The maximum atomic E-state index is 11.9. The fourth-order valence-electron chi connectivity index (χ4n) is 1.85. The Morgan fingerprint density at radius 1 is 0.622 bits per heavy atom. The first kappa shape index (κ1) is 46.0. The zero-order valence-corrected chi connectivity index (χ0v) is 32.8. The molecule has 13 nitrogen and oxygen atoms in total. The number of carbonyl (C=O) groups excluding carboxylic acids is 2. The molecule has 0 atom stereocenters. The molecule has 45 heavy (non-hydrogen) atoms. The highest BCUT2D eigenvalue weighted by Gasteiger charge is 2.02. The van der Waals surface area contributed by atoms with E-state index >= 15 is 0 Å². The van der Waals surface area contributed by atoms with Crippen molar-refractivity contribution in [3.63, 3.8) is 0 Å². The van der Waals surface area contributed by atoms with Crippen molar-refractivity contribution in [2.45, 2.75) is 12.8 Å². The van der Waals surface area contributed by atoms with Crippen molar-refractivity contribution in [3.05, 3.63) is 0 Å². The predicted octanol–water partition coefficient (Wildman–Crippen LogP) is 5.96. The number of carbonyl (C=O) groups is 2. The van der Waals surface area contributed by atoms with Gasteiger partial charge in [0.2, 0.25) is 12.8 Å². The van der Waals surface area contributed by atoms with Crippen LogP contribution >= 0.6 is 118 Å². The Morgan fingerprint density at radius 3 is 1.82 bits per heavy atom. The molecule has 0 saturated carbocycles. The van der Waals surface area contributed by atoms with Gasteiger partial charge in [-0.25, -0.2) is 14.8 Å². The van der Waals surface area contributed by atoms with Crippen LogP contribution < -0.4 is 10.6 Å². The van der Waals surface area contributed by atoms with E-state index in [0.29, 0.717) is 54.0 Å². The Bertz CT molecular complexity index is 728. The summed E-state index contributed by atoms with van der Waals surface area (Å²) in [6.07, 6.45) is 3.07. The van der Waals surface area contributed by atoms with Crippen molar-refractivity contribution in [2.75, 3.05) is 91.5 Å².